The number of halogens is 1. The van der Waals surface area contributed by atoms with E-state index >= 15 is 0 Å². The summed E-state index contributed by atoms with van der Waals surface area (Å²) in [5, 5.41) is 2.82. The largest absolute Gasteiger partial charge is 0.493 e. The van der Waals surface area contributed by atoms with E-state index in [9.17, 15) is 14.0 Å². The Morgan fingerprint density at radius 1 is 0.951 bits per heavy atom. The van der Waals surface area contributed by atoms with Gasteiger partial charge in [-0.2, -0.15) is 0 Å². The Bertz CT molecular complexity index is 1650. The van der Waals surface area contributed by atoms with Crippen molar-refractivity contribution in [1.82, 2.24) is 14.5 Å². The molecule has 5 rings (SSSR count). The van der Waals surface area contributed by atoms with E-state index in [0.717, 1.165) is 5.56 Å². The summed E-state index contributed by atoms with van der Waals surface area (Å²) in [7, 11) is 3.08. The summed E-state index contributed by atoms with van der Waals surface area (Å²) in [5.74, 6) is -0.157. The van der Waals surface area contributed by atoms with Crippen molar-refractivity contribution in [2.75, 3.05) is 26.1 Å². The smallest absolute Gasteiger partial charge is 0.257 e. The molecule has 0 fully saturated rings. The highest BCUT2D eigenvalue weighted by Gasteiger charge is 2.24. The Balaban J connectivity index is 1.47. The molecule has 2 amide bonds. The Morgan fingerprint density at radius 3 is 2.41 bits per heavy atom. The molecule has 2 heterocycles. The molecule has 5 aromatic rings. The summed E-state index contributed by atoms with van der Waals surface area (Å²) >= 11 is 0. The average Bonchev–Trinajstić information content (AvgIpc) is 3.67. The lowest BCUT2D eigenvalue weighted by atomic mass is 10.2. The molecule has 3 aromatic carbocycles. The molecule has 0 saturated carbocycles. The van der Waals surface area contributed by atoms with Crippen LogP contribution < -0.4 is 14.8 Å². The van der Waals surface area contributed by atoms with Crippen molar-refractivity contribution in [1.29, 1.82) is 0 Å². The van der Waals surface area contributed by atoms with Crippen LogP contribution in [0.1, 0.15) is 16.1 Å². The fraction of sp³-hybridized carbons (Fsp3) is 0.129. The van der Waals surface area contributed by atoms with Gasteiger partial charge in [0.1, 0.15) is 18.1 Å². The predicted octanol–water partition coefficient (Wildman–Crippen LogP) is 5.57. The molecule has 1 N–H and O–H groups in total. The molecule has 208 valence electrons. The van der Waals surface area contributed by atoms with Crippen molar-refractivity contribution in [2.45, 2.75) is 6.54 Å². The maximum absolute atomic E-state index is 14.5. The lowest BCUT2D eigenvalue weighted by Gasteiger charge is -2.21. The Morgan fingerprint density at radius 2 is 1.71 bits per heavy atom. The van der Waals surface area contributed by atoms with Crippen LogP contribution in [0.3, 0.4) is 0 Å². The third-order valence-electron chi connectivity index (χ3n) is 6.32. The number of ether oxygens (including phenoxy) is 2. The number of furan rings is 1. The van der Waals surface area contributed by atoms with Gasteiger partial charge in [-0.05, 0) is 36.4 Å². The SMILES string of the molecule is COc1ccc(-n2cc(-c3ccccc3)nc2NC(=O)CN(Cc2ccco2)C(=O)c2ccccc2F)cc1OC. The summed E-state index contributed by atoms with van der Waals surface area (Å²) < 4.78 is 32.4. The monoisotopic (exact) mass is 554 g/mol. The average molecular weight is 555 g/mol. The molecule has 0 atom stereocenters. The van der Waals surface area contributed by atoms with Crippen LogP contribution in [0.5, 0.6) is 11.5 Å². The molecule has 0 saturated heterocycles. The minimum absolute atomic E-state index is 0.0347. The molecule has 2 aromatic heterocycles. The lowest BCUT2D eigenvalue weighted by molar-refractivity contribution is -0.117. The number of rotatable bonds is 10. The molecule has 0 aliphatic carbocycles. The van der Waals surface area contributed by atoms with Crippen LogP contribution in [0.2, 0.25) is 0 Å². The number of hydrogen-bond acceptors (Lipinski definition) is 6. The Labute approximate surface area is 235 Å². The van der Waals surface area contributed by atoms with Crippen molar-refractivity contribution < 1.29 is 27.9 Å². The summed E-state index contributed by atoms with van der Waals surface area (Å²) in [5.41, 5.74) is 1.97. The minimum Gasteiger partial charge on any atom is -0.493 e. The van der Waals surface area contributed by atoms with E-state index in [1.165, 1.54) is 36.5 Å². The fourth-order valence-corrected chi connectivity index (χ4v) is 4.32. The molecule has 10 heteroatoms. The first kappa shape index (κ1) is 27.2. The zero-order valence-corrected chi connectivity index (χ0v) is 22.4. The normalized spacial score (nSPS) is 10.7. The van der Waals surface area contributed by atoms with E-state index in [2.05, 4.69) is 10.3 Å². The number of imidazole rings is 1. The van der Waals surface area contributed by atoms with Gasteiger partial charge in [0, 0.05) is 17.8 Å². The molecule has 41 heavy (non-hydrogen) atoms. The highest BCUT2D eigenvalue weighted by molar-refractivity contribution is 5.99. The molecule has 9 nitrogen and oxygen atoms in total. The third kappa shape index (κ3) is 6.11. The molecule has 0 aliphatic rings. The maximum atomic E-state index is 14.5. The van der Waals surface area contributed by atoms with E-state index in [1.807, 2.05) is 30.3 Å². The molecule has 0 aliphatic heterocycles. The lowest BCUT2D eigenvalue weighted by Crippen LogP contribution is -2.38. The van der Waals surface area contributed by atoms with Crippen molar-refractivity contribution in [3.63, 3.8) is 0 Å². The molecule has 0 spiro atoms. The number of carbonyl (C=O) groups excluding carboxylic acids is 2. The van der Waals surface area contributed by atoms with Crippen LogP contribution in [-0.4, -0.2) is 47.0 Å². The van der Waals surface area contributed by atoms with Gasteiger partial charge in [0.2, 0.25) is 11.9 Å². The van der Waals surface area contributed by atoms with E-state index < -0.39 is 17.6 Å². The topological polar surface area (TPSA) is 98.8 Å². The number of nitrogens with zero attached hydrogens (tertiary/aromatic N) is 3. The van der Waals surface area contributed by atoms with Crippen LogP contribution in [0, 0.1) is 5.82 Å². The standard InChI is InChI=1S/C31H27FN4O5/c1-39-27-15-14-22(17-28(27)40-2)36-19-26(21-9-4-3-5-10-21)33-31(36)34-29(37)20-35(18-23-11-8-16-41-23)30(38)24-12-6-7-13-25(24)32/h3-17,19H,18,20H2,1-2H3,(H,33,34,37). The van der Waals surface area contributed by atoms with Crippen LogP contribution in [0.15, 0.2) is 102 Å². The van der Waals surface area contributed by atoms with Gasteiger partial charge in [-0.15, -0.1) is 0 Å². The van der Waals surface area contributed by atoms with Gasteiger partial charge < -0.3 is 18.8 Å². The maximum Gasteiger partial charge on any atom is 0.257 e. The van der Waals surface area contributed by atoms with Crippen molar-refractivity contribution >= 4 is 17.8 Å². The van der Waals surface area contributed by atoms with Gasteiger partial charge in [-0.1, -0.05) is 42.5 Å². The van der Waals surface area contributed by atoms with Crippen molar-refractivity contribution in [2.24, 2.45) is 0 Å². The predicted molar refractivity (Wildman–Crippen MR) is 151 cm³/mol. The first-order valence-corrected chi connectivity index (χ1v) is 12.7. The van der Waals surface area contributed by atoms with E-state index in [4.69, 9.17) is 13.9 Å². The van der Waals surface area contributed by atoms with Crippen LogP contribution >= 0.6 is 0 Å². The van der Waals surface area contributed by atoms with E-state index in [1.54, 1.807) is 54.3 Å². The highest BCUT2D eigenvalue weighted by atomic mass is 19.1. The molecular formula is C31H27FN4O5. The Hall–Kier alpha value is -5.38. The number of methoxy groups -OCH3 is 2. The van der Waals surface area contributed by atoms with Crippen LogP contribution in [0.4, 0.5) is 10.3 Å². The van der Waals surface area contributed by atoms with Crippen molar-refractivity contribution in [3.05, 3.63) is 115 Å². The first-order chi connectivity index (χ1) is 20.0. The van der Waals surface area contributed by atoms with Crippen LogP contribution in [0.25, 0.3) is 16.9 Å². The molecule has 0 radical (unpaired) electrons. The summed E-state index contributed by atoms with van der Waals surface area (Å²) in [4.78, 5) is 32.6. The number of anilines is 1. The third-order valence-corrected chi connectivity index (χ3v) is 6.32. The second-order valence-corrected chi connectivity index (χ2v) is 8.99. The summed E-state index contributed by atoms with van der Waals surface area (Å²) in [6.45, 7) is -0.416. The summed E-state index contributed by atoms with van der Waals surface area (Å²) in [6.07, 6.45) is 3.25. The van der Waals surface area contributed by atoms with E-state index in [-0.39, 0.29) is 24.6 Å². The Kier molecular flexibility index (Phi) is 8.10. The second-order valence-electron chi connectivity index (χ2n) is 8.99. The molecule has 0 unspecified atom stereocenters. The fourth-order valence-electron chi connectivity index (χ4n) is 4.32. The number of carbonyl (C=O) groups is 2. The van der Waals surface area contributed by atoms with Crippen LogP contribution in [-0.2, 0) is 11.3 Å². The molecular weight excluding hydrogens is 527 g/mol. The van der Waals surface area contributed by atoms with Crippen molar-refractivity contribution in [3.8, 4) is 28.4 Å². The van der Waals surface area contributed by atoms with Gasteiger partial charge in [0.15, 0.2) is 11.5 Å². The number of nitrogens with one attached hydrogen (secondary N) is 1. The molecule has 0 bridgehead atoms. The number of hydrogen-bond donors (Lipinski definition) is 1. The first-order valence-electron chi connectivity index (χ1n) is 12.7. The number of benzene rings is 3. The minimum atomic E-state index is -0.682. The van der Waals surface area contributed by atoms with Gasteiger partial charge >= 0.3 is 0 Å². The number of amides is 2. The van der Waals surface area contributed by atoms with Gasteiger partial charge in [0.25, 0.3) is 5.91 Å². The highest BCUT2D eigenvalue weighted by Crippen LogP contribution is 2.32. The zero-order valence-electron chi connectivity index (χ0n) is 22.4. The van der Waals surface area contributed by atoms with Gasteiger partial charge in [0.05, 0.1) is 44.0 Å². The van der Waals surface area contributed by atoms with E-state index in [0.29, 0.717) is 28.6 Å². The summed E-state index contributed by atoms with van der Waals surface area (Å²) in [6, 6.07) is 23.8. The van der Waals surface area contributed by atoms with Gasteiger partial charge in [-0.25, -0.2) is 9.37 Å². The zero-order chi connectivity index (χ0) is 28.8. The second kappa shape index (κ2) is 12.2. The van der Waals surface area contributed by atoms with Gasteiger partial charge in [-0.3, -0.25) is 19.5 Å². The quantitative estimate of drug-likeness (QED) is 0.242. The number of aromatic nitrogens is 2.